The molecule has 1 unspecified atom stereocenters. The molecule has 0 saturated carbocycles. The van der Waals surface area contributed by atoms with Gasteiger partial charge in [-0.05, 0) is 32.4 Å². The molecule has 0 spiro atoms. The highest BCUT2D eigenvalue weighted by Gasteiger charge is 2.07. The monoisotopic (exact) mass is 187 g/mol. The van der Waals surface area contributed by atoms with Crippen LogP contribution in [-0.4, -0.2) is 36.8 Å². The van der Waals surface area contributed by atoms with Gasteiger partial charge in [-0.1, -0.05) is 26.7 Å². The van der Waals surface area contributed by atoms with Crippen molar-refractivity contribution in [3.8, 4) is 0 Å². The second-order valence-corrected chi connectivity index (χ2v) is 3.93. The van der Waals surface area contributed by atoms with E-state index < -0.39 is 0 Å². The molecule has 0 aliphatic carbocycles. The number of nitrogens with zero attached hydrogens (tertiary/aromatic N) is 1. The highest BCUT2D eigenvalue weighted by Crippen LogP contribution is 2.04. The summed E-state index contributed by atoms with van der Waals surface area (Å²) >= 11 is 0. The molecule has 0 aromatic carbocycles. The van der Waals surface area contributed by atoms with Crippen LogP contribution >= 0.6 is 0 Å². The average Bonchev–Trinajstić information content (AvgIpc) is 2.14. The Balaban J connectivity index is 3.42. The molecule has 1 atom stereocenters. The molecule has 2 heteroatoms. The van der Waals surface area contributed by atoms with E-state index in [0.29, 0.717) is 12.5 Å². The Morgan fingerprint density at radius 2 is 1.92 bits per heavy atom. The lowest BCUT2D eigenvalue weighted by Crippen LogP contribution is -2.28. The van der Waals surface area contributed by atoms with Crippen molar-refractivity contribution in [2.75, 3.05) is 26.7 Å². The summed E-state index contributed by atoms with van der Waals surface area (Å²) < 4.78 is 0. The van der Waals surface area contributed by atoms with Crippen molar-refractivity contribution >= 4 is 0 Å². The van der Waals surface area contributed by atoms with Gasteiger partial charge >= 0.3 is 0 Å². The second-order valence-electron chi connectivity index (χ2n) is 3.93. The molecule has 13 heavy (non-hydrogen) atoms. The summed E-state index contributed by atoms with van der Waals surface area (Å²) in [5.41, 5.74) is 0. The van der Waals surface area contributed by atoms with Crippen LogP contribution < -0.4 is 0 Å². The lowest BCUT2D eigenvalue weighted by molar-refractivity contribution is 0.175. The SMILES string of the molecule is CCCCCN(C)CC(CC)CO. The van der Waals surface area contributed by atoms with Crippen LogP contribution in [0.5, 0.6) is 0 Å². The Hall–Kier alpha value is -0.0800. The molecule has 2 nitrogen and oxygen atoms in total. The van der Waals surface area contributed by atoms with Gasteiger partial charge in [0.05, 0.1) is 0 Å². The van der Waals surface area contributed by atoms with Crippen molar-refractivity contribution in [2.45, 2.75) is 39.5 Å². The Bertz CT molecular complexity index is 102. The van der Waals surface area contributed by atoms with Gasteiger partial charge in [-0.3, -0.25) is 0 Å². The van der Waals surface area contributed by atoms with Crippen LogP contribution in [0, 0.1) is 5.92 Å². The van der Waals surface area contributed by atoms with Gasteiger partial charge in [-0.15, -0.1) is 0 Å². The lowest BCUT2D eigenvalue weighted by Gasteiger charge is -2.21. The number of unbranched alkanes of at least 4 members (excludes halogenated alkanes) is 2. The summed E-state index contributed by atoms with van der Waals surface area (Å²) in [6, 6.07) is 0. The molecule has 0 rings (SSSR count). The highest BCUT2D eigenvalue weighted by molar-refractivity contribution is 4.60. The Morgan fingerprint density at radius 1 is 1.23 bits per heavy atom. The van der Waals surface area contributed by atoms with Crippen molar-refractivity contribution in [3.05, 3.63) is 0 Å². The maximum absolute atomic E-state index is 9.02. The van der Waals surface area contributed by atoms with Crippen molar-refractivity contribution < 1.29 is 5.11 Å². The zero-order chi connectivity index (χ0) is 10.1. The van der Waals surface area contributed by atoms with E-state index in [1.54, 1.807) is 0 Å². The maximum atomic E-state index is 9.02. The van der Waals surface area contributed by atoms with Gasteiger partial charge in [0.1, 0.15) is 0 Å². The van der Waals surface area contributed by atoms with E-state index in [9.17, 15) is 0 Å². The second kappa shape index (κ2) is 8.52. The van der Waals surface area contributed by atoms with E-state index in [0.717, 1.165) is 13.0 Å². The third-order valence-corrected chi connectivity index (χ3v) is 2.55. The zero-order valence-electron chi connectivity index (χ0n) is 9.42. The van der Waals surface area contributed by atoms with Crippen LogP contribution in [0.3, 0.4) is 0 Å². The number of hydrogen-bond donors (Lipinski definition) is 1. The summed E-state index contributed by atoms with van der Waals surface area (Å²) in [5, 5.41) is 9.02. The van der Waals surface area contributed by atoms with E-state index >= 15 is 0 Å². The molecule has 0 heterocycles. The Kier molecular flexibility index (Phi) is 8.46. The van der Waals surface area contributed by atoms with Crippen molar-refractivity contribution in [2.24, 2.45) is 5.92 Å². The van der Waals surface area contributed by atoms with Crippen molar-refractivity contribution in [3.63, 3.8) is 0 Å². The molecule has 0 fully saturated rings. The molecule has 0 radical (unpaired) electrons. The first kappa shape index (κ1) is 12.9. The number of hydrogen-bond acceptors (Lipinski definition) is 2. The fourth-order valence-corrected chi connectivity index (χ4v) is 1.48. The van der Waals surface area contributed by atoms with Crippen LogP contribution in [0.25, 0.3) is 0 Å². The van der Waals surface area contributed by atoms with Gasteiger partial charge in [0.25, 0.3) is 0 Å². The molecule has 0 bridgehead atoms. The molecular weight excluding hydrogens is 162 g/mol. The average molecular weight is 187 g/mol. The van der Waals surface area contributed by atoms with Crippen LogP contribution in [0.2, 0.25) is 0 Å². The third-order valence-electron chi connectivity index (χ3n) is 2.55. The summed E-state index contributed by atoms with van der Waals surface area (Å²) in [6.07, 6.45) is 4.97. The van der Waals surface area contributed by atoms with E-state index in [1.165, 1.54) is 25.8 Å². The normalized spacial score (nSPS) is 13.6. The Labute approximate surface area is 82.9 Å². The van der Waals surface area contributed by atoms with Gasteiger partial charge in [-0.2, -0.15) is 0 Å². The molecule has 80 valence electrons. The lowest BCUT2D eigenvalue weighted by atomic mass is 10.1. The molecule has 0 aromatic rings. The van der Waals surface area contributed by atoms with Crippen molar-refractivity contribution in [1.29, 1.82) is 0 Å². The van der Waals surface area contributed by atoms with Gasteiger partial charge in [-0.25, -0.2) is 0 Å². The molecule has 1 N–H and O–H groups in total. The predicted octanol–water partition coefficient (Wildman–Crippen LogP) is 2.13. The van der Waals surface area contributed by atoms with Crippen LogP contribution in [0.4, 0.5) is 0 Å². The fourth-order valence-electron chi connectivity index (χ4n) is 1.48. The minimum absolute atomic E-state index is 0.328. The molecule has 0 amide bonds. The number of rotatable bonds is 8. The first-order chi connectivity index (χ1) is 6.24. The van der Waals surface area contributed by atoms with Crippen LogP contribution in [-0.2, 0) is 0 Å². The number of aliphatic hydroxyl groups is 1. The topological polar surface area (TPSA) is 23.5 Å². The predicted molar refractivity (Wildman–Crippen MR) is 57.9 cm³/mol. The smallest absolute Gasteiger partial charge is 0.0471 e. The third kappa shape index (κ3) is 7.03. The van der Waals surface area contributed by atoms with E-state index in [1.807, 2.05) is 0 Å². The summed E-state index contributed by atoms with van der Waals surface area (Å²) in [5.74, 6) is 0.464. The summed E-state index contributed by atoms with van der Waals surface area (Å²) in [7, 11) is 2.15. The zero-order valence-corrected chi connectivity index (χ0v) is 9.42. The summed E-state index contributed by atoms with van der Waals surface area (Å²) in [6.45, 7) is 6.90. The largest absolute Gasteiger partial charge is 0.396 e. The van der Waals surface area contributed by atoms with E-state index in [4.69, 9.17) is 5.11 Å². The fraction of sp³-hybridized carbons (Fsp3) is 1.00. The molecule has 0 aliphatic rings. The summed E-state index contributed by atoms with van der Waals surface area (Å²) in [4.78, 5) is 2.33. The first-order valence-corrected chi connectivity index (χ1v) is 5.53. The minimum Gasteiger partial charge on any atom is -0.396 e. The van der Waals surface area contributed by atoms with Gasteiger partial charge in [0.2, 0.25) is 0 Å². The van der Waals surface area contributed by atoms with E-state index in [-0.39, 0.29) is 0 Å². The van der Waals surface area contributed by atoms with Gasteiger partial charge in [0.15, 0.2) is 0 Å². The molecule has 0 aliphatic heterocycles. The molecular formula is C11H25NO. The van der Waals surface area contributed by atoms with E-state index in [2.05, 4.69) is 25.8 Å². The molecule has 0 saturated heterocycles. The van der Waals surface area contributed by atoms with Gasteiger partial charge in [0, 0.05) is 13.2 Å². The quantitative estimate of drug-likeness (QED) is 0.588. The number of aliphatic hydroxyl groups excluding tert-OH is 1. The maximum Gasteiger partial charge on any atom is 0.0471 e. The van der Waals surface area contributed by atoms with Crippen LogP contribution in [0.1, 0.15) is 39.5 Å². The van der Waals surface area contributed by atoms with Crippen molar-refractivity contribution in [1.82, 2.24) is 4.90 Å². The van der Waals surface area contributed by atoms with Crippen LogP contribution in [0.15, 0.2) is 0 Å². The minimum atomic E-state index is 0.328. The first-order valence-electron chi connectivity index (χ1n) is 5.53. The van der Waals surface area contributed by atoms with Gasteiger partial charge < -0.3 is 10.0 Å². The standard InChI is InChI=1S/C11H25NO/c1-4-6-7-8-12(3)9-11(5-2)10-13/h11,13H,4-10H2,1-3H3. The highest BCUT2D eigenvalue weighted by atomic mass is 16.3. The Morgan fingerprint density at radius 3 is 2.38 bits per heavy atom. The molecule has 0 aromatic heterocycles.